The molecule has 0 bridgehead atoms. The molecule has 0 saturated carbocycles. The second-order valence-corrected chi connectivity index (χ2v) is 3.74. The van der Waals surface area contributed by atoms with Gasteiger partial charge in [-0.3, -0.25) is 0 Å². The summed E-state index contributed by atoms with van der Waals surface area (Å²) in [6.07, 6.45) is 0. The Balaban J connectivity index is 3.29. The van der Waals surface area contributed by atoms with Crippen molar-refractivity contribution in [2.75, 3.05) is 31.8 Å². The lowest BCUT2D eigenvalue weighted by molar-refractivity contribution is -0.129. The molecule has 0 fully saturated rings. The molecule has 0 radical (unpaired) electrons. The fourth-order valence-corrected chi connectivity index (χ4v) is 1.31. The van der Waals surface area contributed by atoms with E-state index in [0.29, 0.717) is 6.54 Å². The molecule has 6 heteroatoms. The van der Waals surface area contributed by atoms with Crippen LogP contribution in [0.25, 0.3) is 0 Å². The molecular formula is C8H16N2O3S. The van der Waals surface area contributed by atoms with Gasteiger partial charge in [0.25, 0.3) is 0 Å². The van der Waals surface area contributed by atoms with Gasteiger partial charge in [-0.15, -0.1) is 0 Å². The predicted molar refractivity (Wildman–Crippen MR) is 57.9 cm³/mol. The van der Waals surface area contributed by atoms with E-state index in [9.17, 15) is 4.79 Å². The highest BCUT2D eigenvalue weighted by Crippen LogP contribution is 1.96. The number of hydrazone groups is 1. The zero-order valence-corrected chi connectivity index (χ0v) is 9.26. The molecule has 0 unspecified atom stereocenters. The van der Waals surface area contributed by atoms with Crippen LogP contribution < -0.4 is 5.43 Å². The van der Waals surface area contributed by atoms with E-state index in [1.807, 2.05) is 0 Å². The number of rotatable bonds is 8. The zero-order chi connectivity index (χ0) is 10.8. The lowest BCUT2D eigenvalue weighted by atomic mass is 10.4. The van der Waals surface area contributed by atoms with Crippen molar-refractivity contribution in [2.45, 2.75) is 6.92 Å². The molecule has 0 aromatic carbocycles. The Bertz CT molecular complexity index is 197. The molecule has 0 aliphatic carbocycles. The van der Waals surface area contributed by atoms with E-state index in [0.717, 1.165) is 18.1 Å². The topological polar surface area (TPSA) is 70.9 Å². The second kappa shape index (κ2) is 8.83. The quantitative estimate of drug-likeness (QED) is 0.352. The van der Waals surface area contributed by atoms with Crippen molar-refractivity contribution in [2.24, 2.45) is 5.10 Å². The van der Waals surface area contributed by atoms with Crippen LogP contribution in [0.2, 0.25) is 0 Å². The molecule has 0 aliphatic heterocycles. The molecule has 0 saturated heterocycles. The minimum Gasteiger partial charge on any atom is -0.477 e. The molecule has 0 spiro atoms. The minimum atomic E-state index is -0.996. The fourth-order valence-electron chi connectivity index (χ4n) is 0.584. The van der Waals surface area contributed by atoms with E-state index in [1.165, 1.54) is 6.92 Å². The molecule has 0 aliphatic rings. The molecule has 0 aromatic heterocycles. The van der Waals surface area contributed by atoms with Crippen LogP contribution in [0.4, 0.5) is 0 Å². The smallest absolute Gasteiger partial charge is 0.351 e. The third kappa shape index (κ3) is 7.88. The summed E-state index contributed by atoms with van der Waals surface area (Å²) < 4.78 is 4.87. The second-order valence-electron chi connectivity index (χ2n) is 2.52. The highest BCUT2D eigenvalue weighted by Gasteiger charge is 1.99. The number of hydrogen-bond donors (Lipinski definition) is 2. The van der Waals surface area contributed by atoms with Crippen molar-refractivity contribution >= 4 is 23.4 Å². The Kier molecular flexibility index (Phi) is 8.36. The average Bonchev–Trinajstić information content (AvgIpc) is 2.16. The van der Waals surface area contributed by atoms with E-state index in [-0.39, 0.29) is 5.71 Å². The van der Waals surface area contributed by atoms with Gasteiger partial charge in [-0.1, -0.05) is 0 Å². The molecule has 2 N–H and O–H groups in total. The first kappa shape index (κ1) is 13.2. The number of hydrogen-bond acceptors (Lipinski definition) is 5. The van der Waals surface area contributed by atoms with E-state index in [4.69, 9.17) is 9.84 Å². The number of methoxy groups -OCH3 is 1. The summed E-state index contributed by atoms with van der Waals surface area (Å²) in [5.74, 6) is 0.837. The normalized spacial score (nSPS) is 11.4. The number of carbonyl (C=O) groups is 1. The van der Waals surface area contributed by atoms with E-state index < -0.39 is 5.97 Å². The maximum Gasteiger partial charge on any atom is 0.351 e. The summed E-state index contributed by atoms with van der Waals surface area (Å²) in [5, 5.41) is 12.1. The molecule has 0 aromatic rings. The zero-order valence-electron chi connectivity index (χ0n) is 8.45. The summed E-state index contributed by atoms with van der Waals surface area (Å²) in [4.78, 5) is 10.3. The van der Waals surface area contributed by atoms with Gasteiger partial charge in [0.2, 0.25) is 0 Å². The maximum atomic E-state index is 10.3. The van der Waals surface area contributed by atoms with Gasteiger partial charge in [-0.2, -0.15) is 16.9 Å². The molecule has 14 heavy (non-hydrogen) atoms. The fraction of sp³-hybridized carbons (Fsp3) is 0.750. The Labute approximate surface area is 87.9 Å². The summed E-state index contributed by atoms with van der Waals surface area (Å²) in [5.41, 5.74) is 2.76. The number of nitrogens with zero attached hydrogens (tertiary/aromatic N) is 1. The molecule has 0 rings (SSSR count). The van der Waals surface area contributed by atoms with Gasteiger partial charge < -0.3 is 15.3 Å². The van der Waals surface area contributed by atoms with Crippen molar-refractivity contribution in [3.63, 3.8) is 0 Å². The molecule has 82 valence electrons. The summed E-state index contributed by atoms with van der Waals surface area (Å²) in [6.45, 7) is 2.86. The number of aliphatic carboxylic acids is 1. The van der Waals surface area contributed by atoms with Crippen molar-refractivity contribution in [1.29, 1.82) is 0 Å². The monoisotopic (exact) mass is 220 g/mol. The van der Waals surface area contributed by atoms with E-state index in [1.54, 1.807) is 18.9 Å². The summed E-state index contributed by atoms with van der Waals surface area (Å²) >= 11 is 1.73. The predicted octanol–water partition coefficient (Wildman–Crippen LogP) is 0.416. The molecule has 5 nitrogen and oxygen atoms in total. The van der Waals surface area contributed by atoms with E-state index in [2.05, 4.69) is 10.5 Å². The van der Waals surface area contributed by atoms with E-state index >= 15 is 0 Å². The van der Waals surface area contributed by atoms with Crippen LogP contribution in [-0.4, -0.2) is 48.6 Å². The number of ether oxygens (including phenoxy) is 1. The van der Waals surface area contributed by atoms with Crippen molar-refractivity contribution in [1.82, 2.24) is 5.43 Å². The van der Waals surface area contributed by atoms with Crippen LogP contribution in [-0.2, 0) is 9.53 Å². The third-order valence-corrected chi connectivity index (χ3v) is 2.29. The van der Waals surface area contributed by atoms with Gasteiger partial charge in [-0.25, -0.2) is 4.79 Å². The third-order valence-electron chi connectivity index (χ3n) is 1.35. The van der Waals surface area contributed by atoms with Gasteiger partial charge in [0, 0.05) is 25.2 Å². The number of carboxylic acid groups (broad SMARTS) is 1. The van der Waals surface area contributed by atoms with Crippen molar-refractivity contribution < 1.29 is 14.6 Å². The van der Waals surface area contributed by atoms with Crippen LogP contribution >= 0.6 is 11.8 Å². The summed E-state index contributed by atoms with van der Waals surface area (Å²) in [7, 11) is 1.67. The highest BCUT2D eigenvalue weighted by atomic mass is 32.2. The van der Waals surface area contributed by atoms with Gasteiger partial charge in [-0.05, 0) is 6.92 Å². The molecular weight excluding hydrogens is 204 g/mol. The Hall–Kier alpha value is -0.750. The summed E-state index contributed by atoms with van der Waals surface area (Å²) in [6, 6.07) is 0. The number of thioether (sulfide) groups is 1. The Morgan fingerprint density at radius 2 is 2.29 bits per heavy atom. The lowest BCUT2D eigenvalue weighted by Gasteiger charge is -2.01. The van der Waals surface area contributed by atoms with Crippen LogP contribution in [0.1, 0.15) is 6.92 Å². The van der Waals surface area contributed by atoms with Gasteiger partial charge >= 0.3 is 5.97 Å². The molecule has 0 heterocycles. The van der Waals surface area contributed by atoms with Crippen molar-refractivity contribution in [3.05, 3.63) is 0 Å². The Morgan fingerprint density at radius 3 is 2.86 bits per heavy atom. The Morgan fingerprint density at radius 1 is 1.57 bits per heavy atom. The van der Waals surface area contributed by atoms with Gasteiger partial charge in [0.1, 0.15) is 5.71 Å². The standard InChI is InChI=1S/C8H16N2O3S/c1-7(8(11)12)10-9-3-5-14-6-4-13-2/h9H,3-6H2,1-2H3,(H,11,12). The lowest BCUT2D eigenvalue weighted by Crippen LogP contribution is -2.17. The molecule has 0 amide bonds. The highest BCUT2D eigenvalue weighted by molar-refractivity contribution is 7.99. The van der Waals surface area contributed by atoms with Crippen LogP contribution in [0.15, 0.2) is 5.10 Å². The van der Waals surface area contributed by atoms with Crippen LogP contribution in [0, 0.1) is 0 Å². The number of carboxylic acids is 1. The SMILES string of the molecule is COCCSCCNN=C(C)C(=O)O. The first-order valence-corrected chi connectivity index (χ1v) is 5.41. The van der Waals surface area contributed by atoms with Gasteiger partial charge in [0.05, 0.1) is 6.61 Å². The van der Waals surface area contributed by atoms with Crippen LogP contribution in [0.3, 0.4) is 0 Å². The van der Waals surface area contributed by atoms with Crippen LogP contribution in [0.5, 0.6) is 0 Å². The van der Waals surface area contributed by atoms with Gasteiger partial charge in [0.15, 0.2) is 0 Å². The minimum absolute atomic E-state index is 0.0758. The van der Waals surface area contributed by atoms with Crippen molar-refractivity contribution in [3.8, 4) is 0 Å². The number of nitrogens with one attached hydrogen (secondary N) is 1. The average molecular weight is 220 g/mol. The molecule has 0 atom stereocenters. The largest absolute Gasteiger partial charge is 0.477 e. The first-order valence-electron chi connectivity index (χ1n) is 4.25. The first-order chi connectivity index (χ1) is 6.68. The maximum absolute atomic E-state index is 10.3.